The highest BCUT2D eigenvalue weighted by Crippen LogP contribution is 2.23. The van der Waals surface area contributed by atoms with Crippen molar-refractivity contribution in [2.75, 3.05) is 13.2 Å². The van der Waals surface area contributed by atoms with E-state index in [1.807, 2.05) is 43.7 Å². The molecule has 0 fully saturated rings. The summed E-state index contributed by atoms with van der Waals surface area (Å²) in [5.74, 6) is 0.932. The molecule has 4 N–H and O–H groups in total. The van der Waals surface area contributed by atoms with Crippen molar-refractivity contribution < 1.29 is 9.53 Å². The molecule has 0 bridgehead atoms. The summed E-state index contributed by atoms with van der Waals surface area (Å²) in [6, 6.07) is 16.1. The third kappa shape index (κ3) is 4.78. The monoisotopic (exact) mass is 404 g/mol. The Morgan fingerprint density at radius 3 is 2.53 bits per heavy atom. The Morgan fingerprint density at radius 1 is 1.20 bits per heavy atom. The first-order chi connectivity index (χ1) is 14.6. The van der Waals surface area contributed by atoms with E-state index >= 15 is 0 Å². The fraction of sp³-hybridized carbons (Fsp3) is 0.227. The molecule has 30 heavy (non-hydrogen) atoms. The molecule has 0 aliphatic carbocycles. The minimum absolute atomic E-state index is 0.121. The van der Waals surface area contributed by atoms with Gasteiger partial charge in [-0.3, -0.25) is 14.5 Å². The van der Waals surface area contributed by atoms with Crippen molar-refractivity contribution in [3.05, 3.63) is 72.1 Å². The van der Waals surface area contributed by atoms with Gasteiger partial charge in [0.05, 0.1) is 18.8 Å². The van der Waals surface area contributed by atoms with Gasteiger partial charge >= 0.3 is 0 Å². The predicted molar refractivity (Wildman–Crippen MR) is 115 cm³/mol. The van der Waals surface area contributed by atoms with Crippen LogP contribution in [0.4, 0.5) is 0 Å². The molecule has 1 aliphatic rings. The van der Waals surface area contributed by atoms with E-state index in [-0.39, 0.29) is 12.6 Å². The smallest absolute Gasteiger partial charge is 0.255 e. The van der Waals surface area contributed by atoms with Gasteiger partial charge in [-0.25, -0.2) is 0 Å². The number of nitrogens with two attached hydrogens (primary N) is 1. The van der Waals surface area contributed by atoms with Crippen molar-refractivity contribution in [1.29, 1.82) is 0 Å². The SMILES string of the molecule is Cn1cc(C2CN=C(NCc3ccc(-c4ccc(OCC(N)=O)cc4)cc3)N2)cn1. The summed E-state index contributed by atoms with van der Waals surface area (Å²) < 4.78 is 7.09. The molecule has 1 aliphatic heterocycles. The Labute approximate surface area is 174 Å². The maximum Gasteiger partial charge on any atom is 0.255 e. The van der Waals surface area contributed by atoms with Crippen LogP contribution in [0.15, 0.2) is 65.9 Å². The number of amides is 1. The fourth-order valence-electron chi connectivity index (χ4n) is 3.25. The minimum atomic E-state index is -0.491. The molecule has 8 heteroatoms. The van der Waals surface area contributed by atoms with Crippen molar-refractivity contribution in [3.8, 4) is 16.9 Å². The number of aliphatic imine (C=N–C) groups is 1. The highest BCUT2D eigenvalue weighted by molar-refractivity contribution is 5.82. The number of aryl methyl sites for hydroxylation is 1. The van der Waals surface area contributed by atoms with Crippen LogP contribution in [0.25, 0.3) is 11.1 Å². The number of benzene rings is 2. The van der Waals surface area contributed by atoms with E-state index in [9.17, 15) is 4.79 Å². The van der Waals surface area contributed by atoms with Crippen LogP contribution >= 0.6 is 0 Å². The predicted octanol–water partition coefficient (Wildman–Crippen LogP) is 1.74. The van der Waals surface area contributed by atoms with Crippen molar-refractivity contribution in [3.63, 3.8) is 0 Å². The third-order valence-electron chi connectivity index (χ3n) is 4.85. The fourth-order valence-corrected chi connectivity index (χ4v) is 3.25. The second-order valence-electron chi connectivity index (χ2n) is 7.16. The largest absolute Gasteiger partial charge is 0.484 e. The van der Waals surface area contributed by atoms with E-state index in [2.05, 4.69) is 45.0 Å². The molecule has 0 spiro atoms. The average Bonchev–Trinajstić information content (AvgIpc) is 3.40. The summed E-state index contributed by atoms with van der Waals surface area (Å²) in [6.45, 7) is 1.27. The highest BCUT2D eigenvalue weighted by atomic mass is 16.5. The van der Waals surface area contributed by atoms with E-state index in [4.69, 9.17) is 10.5 Å². The molecule has 4 rings (SSSR count). The number of nitrogens with zero attached hydrogens (tertiary/aromatic N) is 3. The number of rotatable bonds is 7. The van der Waals surface area contributed by atoms with Crippen molar-refractivity contribution in [2.24, 2.45) is 17.8 Å². The van der Waals surface area contributed by atoms with Gasteiger partial charge in [0, 0.05) is 25.4 Å². The lowest BCUT2D eigenvalue weighted by molar-refractivity contribution is -0.119. The van der Waals surface area contributed by atoms with Crippen LogP contribution in [-0.2, 0) is 18.4 Å². The van der Waals surface area contributed by atoms with E-state index in [0.29, 0.717) is 18.8 Å². The lowest BCUT2D eigenvalue weighted by Crippen LogP contribution is -2.34. The lowest BCUT2D eigenvalue weighted by atomic mass is 10.0. The zero-order chi connectivity index (χ0) is 20.9. The molecule has 1 unspecified atom stereocenters. The maximum atomic E-state index is 10.8. The topological polar surface area (TPSA) is 107 Å². The summed E-state index contributed by atoms with van der Waals surface area (Å²) >= 11 is 0. The van der Waals surface area contributed by atoms with Crippen molar-refractivity contribution in [2.45, 2.75) is 12.6 Å². The number of carbonyl (C=O) groups is 1. The molecule has 0 saturated carbocycles. The first-order valence-corrected chi connectivity index (χ1v) is 9.71. The Hall–Kier alpha value is -3.81. The molecular formula is C22H24N6O2. The normalized spacial score (nSPS) is 15.4. The molecule has 2 aromatic carbocycles. The number of nitrogens with one attached hydrogen (secondary N) is 2. The number of carbonyl (C=O) groups excluding carboxylic acids is 1. The molecule has 0 radical (unpaired) electrons. The van der Waals surface area contributed by atoms with Crippen LogP contribution in [0.2, 0.25) is 0 Å². The minimum Gasteiger partial charge on any atom is -0.484 e. The van der Waals surface area contributed by atoms with Crippen molar-refractivity contribution in [1.82, 2.24) is 20.4 Å². The average molecular weight is 404 g/mol. The van der Waals surface area contributed by atoms with Crippen LogP contribution in [0.5, 0.6) is 5.75 Å². The van der Waals surface area contributed by atoms with E-state index in [0.717, 1.165) is 28.2 Å². The number of hydrogen-bond donors (Lipinski definition) is 3. The molecule has 1 atom stereocenters. The van der Waals surface area contributed by atoms with Crippen LogP contribution < -0.4 is 21.1 Å². The molecule has 0 saturated heterocycles. The second kappa shape index (κ2) is 8.69. The van der Waals surface area contributed by atoms with Gasteiger partial charge in [0.25, 0.3) is 5.91 Å². The van der Waals surface area contributed by atoms with Crippen molar-refractivity contribution >= 4 is 11.9 Å². The third-order valence-corrected chi connectivity index (χ3v) is 4.85. The summed E-state index contributed by atoms with van der Waals surface area (Å²) in [6.07, 6.45) is 3.87. The Balaban J connectivity index is 1.29. The summed E-state index contributed by atoms with van der Waals surface area (Å²) in [5.41, 5.74) is 9.56. The van der Waals surface area contributed by atoms with Gasteiger partial charge in [0.15, 0.2) is 12.6 Å². The first kappa shape index (κ1) is 19.5. The number of primary amides is 1. The number of aromatic nitrogens is 2. The van der Waals surface area contributed by atoms with Crippen LogP contribution in [0.3, 0.4) is 0 Å². The van der Waals surface area contributed by atoms with Crippen LogP contribution in [0, 0.1) is 0 Å². The van der Waals surface area contributed by atoms with Gasteiger partial charge in [0.1, 0.15) is 5.75 Å². The maximum absolute atomic E-state index is 10.8. The van der Waals surface area contributed by atoms with E-state index in [1.54, 1.807) is 4.68 Å². The van der Waals surface area contributed by atoms with E-state index in [1.165, 1.54) is 0 Å². The zero-order valence-corrected chi connectivity index (χ0v) is 16.7. The first-order valence-electron chi connectivity index (χ1n) is 9.71. The standard InChI is InChI=1S/C22H24N6O2/c1-28-13-18(11-26-28)20-12-25-22(27-20)24-10-15-2-4-16(5-3-15)17-6-8-19(9-7-17)30-14-21(23)29/h2-9,11,13,20H,10,12,14H2,1H3,(H2,23,29)(H2,24,25,27). The lowest BCUT2D eigenvalue weighted by Gasteiger charge is -2.11. The van der Waals surface area contributed by atoms with Gasteiger partial charge in [-0.05, 0) is 28.8 Å². The van der Waals surface area contributed by atoms with Crippen LogP contribution in [0.1, 0.15) is 17.2 Å². The van der Waals surface area contributed by atoms with Gasteiger partial charge in [-0.1, -0.05) is 36.4 Å². The Kier molecular flexibility index (Phi) is 5.65. The Morgan fingerprint density at radius 2 is 1.90 bits per heavy atom. The van der Waals surface area contributed by atoms with Gasteiger partial charge in [-0.2, -0.15) is 5.10 Å². The second-order valence-corrected chi connectivity index (χ2v) is 7.16. The van der Waals surface area contributed by atoms with Gasteiger partial charge in [0.2, 0.25) is 0 Å². The van der Waals surface area contributed by atoms with Gasteiger partial charge < -0.3 is 21.1 Å². The zero-order valence-electron chi connectivity index (χ0n) is 16.7. The molecule has 2 heterocycles. The summed E-state index contributed by atoms with van der Waals surface area (Å²) in [7, 11) is 1.91. The van der Waals surface area contributed by atoms with Gasteiger partial charge in [-0.15, -0.1) is 0 Å². The molecule has 154 valence electrons. The summed E-state index contributed by atoms with van der Waals surface area (Å²) in [5, 5.41) is 11.0. The molecular weight excluding hydrogens is 380 g/mol. The summed E-state index contributed by atoms with van der Waals surface area (Å²) in [4.78, 5) is 15.3. The number of guanidine groups is 1. The Bertz CT molecular complexity index is 1040. The molecule has 1 amide bonds. The number of hydrogen-bond acceptors (Lipinski definition) is 6. The molecule has 1 aromatic heterocycles. The van der Waals surface area contributed by atoms with Crippen LogP contribution in [-0.4, -0.2) is 34.8 Å². The highest BCUT2D eigenvalue weighted by Gasteiger charge is 2.20. The number of ether oxygens (including phenoxy) is 1. The van der Waals surface area contributed by atoms with E-state index < -0.39 is 5.91 Å². The molecule has 8 nitrogen and oxygen atoms in total. The molecule has 3 aromatic rings. The quantitative estimate of drug-likeness (QED) is 0.556.